The van der Waals surface area contributed by atoms with E-state index >= 15 is 0 Å². The predicted molar refractivity (Wildman–Crippen MR) is 86.1 cm³/mol. The molecular formula is C17H15N3O3. The highest BCUT2D eigenvalue weighted by atomic mass is 16.4. The van der Waals surface area contributed by atoms with Crippen molar-refractivity contribution in [2.45, 2.75) is 13.1 Å². The molecule has 0 fully saturated rings. The van der Waals surface area contributed by atoms with Crippen LogP contribution in [0.15, 0.2) is 64.6 Å². The second-order valence-electron chi connectivity index (χ2n) is 4.99. The van der Waals surface area contributed by atoms with Crippen LogP contribution in [0.1, 0.15) is 15.9 Å². The van der Waals surface area contributed by atoms with E-state index in [9.17, 15) is 9.59 Å². The predicted octanol–water partition coefficient (Wildman–Crippen LogP) is 2.11. The second-order valence-corrected chi connectivity index (χ2v) is 4.99. The molecule has 0 atom stereocenters. The van der Waals surface area contributed by atoms with E-state index in [1.807, 2.05) is 12.1 Å². The van der Waals surface area contributed by atoms with E-state index in [0.29, 0.717) is 29.8 Å². The van der Waals surface area contributed by atoms with Gasteiger partial charge in [-0.2, -0.15) is 0 Å². The number of carbonyl (C=O) groups is 1. The smallest absolute Gasteiger partial charge is 0.408 e. The van der Waals surface area contributed by atoms with E-state index < -0.39 is 5.76 Å². The van der Waals surface area contributed by atoms with Gasteiger partial charge in [-0.1, -0.05) is 12.1 Å². The summed E-state index contributed by atoms with van der Waals surface area (Å²) in [5, 5.41) is 2.82. The molecule has 116 valence electrons. The summed E-state index contributed by atoms with van der Waals surface area (Å²) in [5.74, 6) is -0.692. The molecule has 3 aromatic rings. The molecule has 23 heavy (non-hydrogen) atoms. The molecule has 0 saturated carbocycles. The van der Waals surface area contributed by atoms with Crippen LogP contribution in [0.4, 0.5) is 0 Å². The summed E-state index contributed by atoms with van der Waals surface area (Å²) in [6, 6.07) is 8.58. The number of nitrogens with one attached hydrogen (secondary N) is 1. The summed E-state index contributed by atoms with van der Waals surface area (Å²) in [6.07, 6.45) is 4.98. The Balaban J connectivity index is 1.84. The molecular weight excluding hydrogens is 294 g/mol. The lowest BCUT2D eigenvalue weighted by Crippen LogP contribution is -2.22. The number of carbonyl (C=O) groups excluding carboxylic acids is 1. The third kappa shape index (κ3) is 3.06. The highest BCUT2D eigenvalue weighted by molar-refractivity contribution is 5.97. The molecule has 2 heterocycles. The number of pyridine rings is 1. The molecule has 0 aliphatic carbocycles. The highest BCUT2D eigenvalue weighted by Gasteiger charge is 2.12. The topological polar surface area (TPSA) is 77.1 Å². The largest absolute Gasteiger partial charge is 0.420 e. The summed E-state index contributed by atoms with van der Waals surface area (Å²) in [7, 11) is 0. The first kappa shape index (κ1) is 14.8. The summed E-state index contributed by atoms with van der Waals surface area (Å²) < 4.78 is 6.57. The molecule has 6 nitrogen and oxygen atoms in total. The maximum atomic E-state index is 12.3. The molecule has 6 heteroatoms. The fourth-order valence-electron chi connectivity index (χ4n) is 2.29. The molecule has 0 bridgehead atoms. The van der Waals surface area contributed by atoms with Gasteiger partial charge in [-0.15, -0.1) is 6.58 Å². The lowest BCUT2D eigenvalue weighted by molar-refractivity contribution is 0.0951. The van der Waals surface area contributed by atoms with Crippen molar-refractivity contribution in [3.05, 3.63) is 77.1 Å². The quantitative estimate of drug-likeness (QED) is 0.732. The normalized spacial score (nSPS) is 10.6. The van der Waals surface area contributed by atoms with Crippen LogP contribution in [-0.4, -0.2) is 15.5 Å². The maximum absolute atomic E-state index is 12.3. The van der Waals surface area contributed by atoms with E-state index in [4.69, 9.17) is 4.42 Å². The SMILES string of the molecule is C=CCn1c(=O)oc2ccc(C(=O)NCc3cccnc3)cc21. The monoisotopic (exact) mass is 309 g/mol. The number of allylic oxidation sites excluding steroid dienone is 1. The minimum Gasteiger partial charge on any atom is -0.408 e. The number of hydrogen-bond donors (Lipinski definition) is 1. The highest BCUT2D eigenvalue weighted by Crippen LogP contribution is 2.15. The van der Waals surface area contributed by atoms with Crippen molar-refractivity contribution in [2.75, 3.05) is 0 Å². The van der Waals surface area contributed by atoms with Crippen molar-refractivity contribution in [2.24, 2.45) is 0 Å². The average Bonchev–Trinajstić information content (AvgIpc) is 2.89. The van der Waals surface area contributed by atoms with Gasteiger partial charge in [0, 0.05) is 31.0 Å². The van der Waals surface area contributed by atoms with Crippen molar-refractivity contribution in [3.63, 3.8) is 0 Å². The van der Waals surface area contributed by atoms with Crippen LogP contribution in [0.25, 0.3) is 11.1 Å². The van der Waals surface area contributed by atoms with E-state index in [1.165, 1.54) is 4.57 Å². The first-order valence-electron chi connectivity index (χ1n) is 7.10. The van der Waals surface area contributed by atoms with Gasteiger partial charge in [0.2, 0.25) is 0 Å². The zero-order valence-electron chi connectivity index (χ0n) is 12.4. The Bertz CT molecular complexity index is 910. The lowest BCUT2D eigenvalue weighted by Gasteiger charge is -2.05. The van der Waals surface area contributed by atoms with Crippen molar-refractivity contribution in [1.82, 2.24) is 14.9 Å². The Morgan fingerprint density at radius 3 is 3.00 bits per heavy atom. The molecule has 3 rings (SSSR count). The lowest BCUT2D eigenvalue weighted by atomic mass is 10.2. The van der Waals surface area contributed by atoms with Crippen molar-refractivity contribution < 1.29 is 9.21 Å². The van der Waals surface area contributed by atoms with Crippen LogP contribution in [0, 0.1) is 0 Å². The second kappa shape index (κ2) is 6.31. The molecule has 0 radical (unpaired) electrons. The van der Waals surface area contributed by atoms with Crippen LogP contribution < -0.4 is 11.1 Å². The summed E-state index contributed by atoms with van der Waals surface area (Å²) in [5.41, 5.74) is 2.39. The number of benzene rings is 1. The van der Waals surface area contributed by atoms with Gasteiger partial charge in [0.15, 0.2) is 5.58 Å². The molecule has 0 aliphatic rings. The zero-order chi connectivity index (χ0) is 16.2. The Hall–Kier alpha value is -3.15. The van der Waals surface area contributed by atoms with Gasteiger partial charge >= 0.3 is 5.76 Å². The summed E-state index contributed by atoms with van der Waals surface area (Å²) in [4.78, 5) is 28.0. The van der Waals surface area contributed by atoms with E-state index in [2.05, 4.69) is 16.9 Å². The van der Waals surface area contributed by atoms with Crippen LogP contribution in [0.3, 0.4) is 0 Å². The van der Waals surface area contributed by atoms with Crippen LogP contribution >= 0.6 is 0 Å². The number of fused-ring (bicyclic) bond motifs is 1. The standard InChI is InChI=1S/C17H15N3O3/c1-2-8-20-14-9-13(5-6-15(14)23-17(20)22)16(21)19-11-12-4-3-7-18-10-12/h2-7,9-10H,1,8,11H2,(H,19,21). The first-order chi connectivity index (χ1) is 11.2. The van der Waals surface area contributed by atoms with Gasteiger partial charge in [-0.3, -0.25) is 14.3 Å². The van der Waals surface area contributed by atoms with Crippen LogP contribution in [0.5, 0.6) is 0 Å². The molecule has 1 N–H and O–H groups in total. The molecule has 0 aliphatic heterocycles. The van der Waals surface area contributed by atoms with Gasteiger partial charge in [0.1, 0.15) is 0 Å². The minimum absolute atomic E-state index is 0.227. The Morgan fingerprint density at radius 2 is 2.26 bits per heavy atom. The van der Waals surface area contributed by atoms with Gasteiger partial charge in [0.05, 0.1) is 5.52 Å². The Kier molecular flexibility index (Phi) is 4.05. The van der Waals surface area contributed by atoms with E-state index in [1.54, 1.807) is 36.7 Å². The number of aromatic nitrogens is 2. The van der Waals surface area contributed by atoms with Gasteiger partial charge < -0.3 is 9.73 Å². The number of hydrogen-bond acceptors (Lipinski definition) is 4. The Morgan fingerprint density at radius 1 is 1.39 bits per heavy atom. The summed E-state index contributed by atoms with van der Waals surface area (Å²) in [6.45, 7) is 4.33. The fraction of sp³-hybridized carbons (Fsp3) is 0.118. The molecule has 1 aromatic carbocycles. The number of amides is 1. The zero-order valence-corrected chi connectivity index (χ0v) is 12.4. The van der Waals surface area contributed by atoms with Crippen LogP contribution in [-0.2, 0) is 13.1 Å². The molecule has 0 saturated heterocycles. The van der Waals surface area contributed by atoms with Crippen molar-refractivity contribution >= 4 is 17.0 Å². The number of oxazole rings is 1. The van der Waals surface area contributed by atoms with Gasteiger partial charge in [-0.25, -0.2) is 4.79 Å². The number of rotatable bonds is 5. The molecule has 1 amide bonds. The summed E-state index contributed by atoms with van der Waals surface area (Å²) >= 11 is 0. The third-order valence-electron chi connectivity index (χ3n) is 3.42. The van der Waals surface area contributed by atoms with E-state index in [-0.39, 0.29) is 5.91 Å². The molecule has 0 unspecified atom stereocenters. The minimum atomic E-state index is -0.465. The van der Waals surface area contributed by atoms with Crippen LogP contribution in [0.2, 0.25) is 0 Å². The van der Waals surface area contributed by atoms with E-state index in [0.717, 1.165) is 5.56 Å². The molecule has 2 aromatic heterocycles. The van der Waals surface area contributed by atoms with Crippen molar-refractivity contribution in [3.8, 4) is 0 Å². The average molecular weight is 309 g/mol. The fourth-order valence-corrected chi connectivity index (χ4v) is 2.29. The maximum Gasteiger partial charge on any atom is 0.420 e. The third-order valence-corrected chi connectivity index (χ3v) is 3.42. The number of nitrogens with zero attached hydrogens (tertiary/aromatic N) is 2. The first-order valence-corrected chi connectivity index (χ1v) is 7.10. The van der Waals surface area contributed by atoms with Gasteiger partial charge in [-0.05, 0) is 29.8 Å². The van der Waals surface area contributed by atoms with Gasteiger partial charge in [0.25, 0.3) is 5.91 Å². The van der Waals surface area contributed by atoms with Crippen molar-refractivity contribution in [1.29, 1.82) is 0 Å². The molecule has 0 spiro atoms. The Labute approximate surface area is 132 Å².